The first-order valence-electron chi connectivity index (χ1n) is 7.94. The monoisotopic (exact) mass is 291 g/mol. The van der Waals surface area contributed by atoms with Crippen LogP contribution in [-0.2, 0) is 11.3 Å². The summed E-state index contributed by atoms with van der Waals surface area (Å²) in [5.41, 5.74) is 2.10. The first kappa shape index (κ1) is 17.7. The number of carbonyl (C=O) groups is 1. The Hall–Kier alpha value is -1.39. The van der Waals surface area contributed by atoms with Crippen molar-refractivity contribution in [2.75, 3.05) is 31.5 Å². The van der Waals surface area contributed by atoms with E-state index in [0.717, 1.165) is 31.9 Å². The predicted molar refractivity (Wildman–Crippen MR) is 89.4 cm³/mol. The number of rotatable bonds is 9. The second kappa shape index (κ2) is 9.53. The van der Waals surface area contributed by atoms with Gasteiger partial charge < -0.3 is 10.6 Å². The third-order valence-corrected chi connectivity index (χ3v) is 3.71. The molecule has 0 heterocycles. The van der Waals surface area contributed by atoms with Gasteiger partial charge in [0.05, 0.1) is 0 Å². The quantitative estimate of drug-likeness (QED) is 0.735. The zero-order chi connectivity index (χ0) is 15.7. The molecule has 1 atom stereocenters. The first-order chi connectivity index (χ1) is 10.1. The van der Waals surface area contributed by atoms with Gasteiger partial charge in [0.25, 0.3) is 0 Å². The summed E-state index contributed by atoms with van der Waals surface area (Å²) in [6.45, 7) is 12.8. The molecule has 0 fully saturated rings. The van der Waals surface area contributed by atoms with Gasteiger partial charge in [0, 0.05) is 24.7 Å². The zero-order valence-corrected chi connectivity index (χ0v) is 13.8. The van der Waals surface area contributed by atoms with E-state index in [0.29, 0.717) is 6.54 Å². The Morgan fingerprint density at radius 3 is 2.48 bits per heavy atom. The van der Waals surface area contributed by atoms with Crippen LogP contribution in [0.5, 0.6) is 0 Å². The van der Waals surface area contributed by atoms with Crippen LogP contribution in [0.3, 0.4) is 0 Å². The Bertz CT molecular complexity index is 430. The molecule has 4 heteroatoms. The van der Waals surface area contributed by atoms with Gasteiger partial charge >= 0.3 is 0 Å². The number of amides is 1. The van der Waals surface area contributed by atoms with E-state index >= 15 is 0 Å². The van der Waals surface area contributed by atoms with Crippen LogP contribution in [0.15, 0.2) is 24.3 Å². The number of benzene rings is 1. The number of hydrogen-bond acceptors (Lipinski definition) is 3. The number of para-hydroxylation sites is 1. The molecule has 1 amide bonds. The van der Waals surface area contributed by atoms with Gasteiger partial charge in [-0.1, -0.05) is 45.9 Å². The van der Waals surface area contributed by atoms with Gasteiger partial charge in [-0.05, 0) is 31.3 Å². The molecule has 0 bridgehead atoms. The van der Waals surface area contributed by atoms with Gasteiger partial charge in [-0.3, -0.25) is 9.69 Å². The Kier molecular flexibility index (Phi) is 8.01. The van der Waals surface area contributed by atoms with Crippen LogP contribution in [0.1, 0.15) is 33.3 Å². The fraction of sp³-hybridized carbons (Fsp3) is 0.588. The lowest BCUT2D eigenvalue weighted by Crippen LogP contribution is -2.31. The SMILES string of the molecule is CCNCC(C)C(=O)Nc1ccccc1CN(CC)CC. The minimum atomic E-state index is -0.0357. The molecule has 1 unspecified atom stereocenters. The standard InChI is InChI=1S/C17H29N3O/c1-5-18-12-14(4)17(21)19-16-11-9-8-10-15(16)13-20(6-2)7-3/h8-11,14,18H,5-7,12-13H2,1-4H3,(H,19,21). The number of carbonyl (C=O) groups excluding carboxylic acids is 1. The second-order valence-electron chi connectivity index (χ2n) is 5.32. The van der Waals surface area contributed by atoms with Crippen molar-refractivity contribution in [3.8, 4) is 0 Å². The number of nitrogens with zero attached hydrogens (tertiary/aromatic N) is 1. The highest BCUT2D eigenvalue weighted by Crippen LogP contribution is 2.18. The third kappa shape index (κ3) is 5.86. The normalized spacial score (nSPS) is 12.4. The summed E-state index contributed by atoms with van der Waals surface area (Å²) in [5.74, 6) is 0.0365. The van der Waals surface area contributed by atoms with Crippen molar-refractivity contribution in [1.82, 2.24) is 10.2 Å². The summed E-state index contributed by atoms with van der Waals surface area (Å²) in [7, 11) is 0. The molecule has 0 aliphatic heterocycles. The first-order valence-corrected chi connectivity index (χ1v) is 7.94. The summed E-state index contributed by atoms with van der Waals surface area (Å²) in [6.07, 6.45) is 0. The van der Waals surface area contributed by atoms with E-state index in [9.17, 15) is 4.79 Å². The van der Waals surface area contributed by atoms with E-state index in [4.69, 9.17) is 0 Å². The molecular formula is C17H29N3O. The molecule has 2 N–H and O–H groups in total. The van der Waals surface area contributed by atoms with E-state index in [1.807, 2.05) is 32.0 Å². The van der Waals surface area contributed by atoms with Crippen molar-refractivity contribution < 1.29 is 4.79 Å². The van der Waals surface area contributed by atoms with Crippen molar-refractivity contribution in [3.63, 3.8) is 0 Å². The average Bonchev–Trinajstić information content (AvgIpc) is 2.51. The van der Waals surface area contributed by atoms with Crippen LogP contribution in [0.25, 0.3) is 0 Å². The number of anilines is 1. The molecule has 1 aromatic carbocycles. The molecule has 0 aliphatic rings. The maximum atomic E-state index is 12.2. The lowest BCUT2D eigenvalue weighted by molar-refractivity contribution is -0.119. The molecule has 4 nitrogen and oxygen atoms in total. The number of nitrogens with one attached hydrogen (secondary N) is 2. The zero-order valence-electron chi connectivity index (χ0n) is 13.8. The van der Waals surface area contributed by atoms with Crippen LogP contribution in [0.4, 0.5) is 5.69 Å². The van der Waals surface area contributed by atoms with Gasteiger partial charge in [0.1, 0.15) is 0 Å². The smallest absolute Gasteiger partial charge is 0.228 e. The van der Waals surface area contributed by atoms with Crippen LogP contribution in [0.2, 0.25) is 0 Å². The van der Waals surface area contributed by atoms with Crippen molar-refractivity contribution in [2.24, 2.45) is 5.92 Å². The van der Waals surface area contributed by atoms with Crippen LogP contribution < -0.4 is 10.6 Å². The molecular weight excluding hydrogens is 262 g/mol. The highest BCUT2D eigenvalue weighted by molar-refractivity contribution is 5.93. The maximum Gasteiger partial charge on any atom is 0.228 e. The van der Waals surface area contributed by atoms with Crippen LogP contribution >= 0.6 is 0 Å². The summed E-state index contributed by atoms with van der Waals surface area (Å²) < 4.78 is 0. The van der Waals surface area contributed by atoms with E-state index in [-0.39, 0.29) is 11.8 Å². The molecule has 118 valence electrons. The van der Waals surface area contributed by atoms with E-state index in [1.54, 1.807) is 0 Å². The predicted octanol–water partition coefficient (Wildman–Crippen LogP) is 2.71. The average molecular weight is 291 g/mol. The summed E-state index contributed by atoms with van der Waals surface area (Å²) in [5, 5.41) is 6.28. The fourth-order valence-corrected chi connectivity index (χ4v) is 2.18. The van der Waals surface area contributed by atoms with Gasteiger partial charge in [0.15, 0.2) is 0 Å². The molecule has 0 aromatic heterocycles. The summed E-state index contributed by atoms with van der Waals surface area (Å²) >= 11 is 0. The molecule has 21 heavy (non-hydrogen) atoms. The lowest BCUT2D eigenvalue weighted by Gasteiger charge is -2.21. The van der Waals surface area contributed by atoms with Crippen LogP contribution in [-0.4, -0.2) is 37.0 Å². The minimum absolute atomic E-state index is 0.0357. The summed E-state index contributed by atoms with van der Waals surface area (Å²) in [6, 6.07) is 8.06. The van der Waals surface area contributed by atoms with Gasteiger partial charge in [-0.15, -0.1) is 0 Å². The highest BCUT2D eigenvalue weighted by Gasteiger charge is 2.14. The maximum absolute atomic E-state index is 12.2. The van der Waals surface area contributed by atoms with E-state index in [1.165, 1.54) is 5.56 Å². The van der Waals surface area contributed by atoms with Crippen LogP contribution in [0, 0.1) is 5.92 Å². The van der Waals surface area contributed by atoms with Crippen molar-refractivity contribution in [3.05, 3.63) is 29.8 Å². The third-order valence-electron chi connectivity index (χ3n) is 3.71. The summed E-state index contributed by atoms with van der Waals surface area (Å²) in [4.78, 5) is 14.6. The van der Waals surface area contributed by atoms with Crippen molar-refractivity contribution in [1.29, 1.82) is 0 Å². The van der Waals surface area contributed by atoms with Gasteiger partial charge in [0.2, 0.25) is 5.91 Å². The molecule has 1 rings (SSSR count). The van der Waals surface area contributed by atoms with Crippen molar-refractivity contribution >= 4 is 11.6 Å². The van der Waals surface area contributed by atoms with E-state index < -0.39 is 0 Å². The largest absolute Gasteiger partial charge is 0.326 e. The lowest BCUT2D eigenvalue weighted by atomic mass is 10.1. The molecule has 0 radical (unpaired) electrons. The molecule has 0 saturated heterocycles. The van der Waals surface area contributed by atoms with E-state index in [2.05, 4.69) is 35.4 Å². The molecule has 0 aliphatic carbocycles. The Labute approximate surface area is 128 Å². The van der Waals surface area contributed by atoms with Crippen molar-refractivity contribution in [2.45, 2.75) is 34.2 Å². The molecule has 1 aromatic rings. The van der Waals surface area contributed by atoms with Gasteiger partial charge in [-0.25, -0.2) is 0 Å². The minimum Gasteiger partial charge on any atom is -0.326 e. The molecule has 0 saturated carbocycles. The number of hydrogen-bond donors (Lipinski definition) is 2. The van der Waals surface area contributed by atoms with Gasteiger partial charge in [-0.2, -0.15) is 0 Å². The highest BCUT2D eigenvalue weighted by atomic mass is 16.1. The molecule has 0 spiro atoms. The Balaban J connectivity index is 2.72. The Morgan fingerprint density at radius 1 is 1.19 bits per heavy atom. The fourth-order valence-electron chi connectivity index (χ4n) is 2.18. The Morgan fingerprint density at radius 2 is 1.86 bits per heavy atom. The second-order valence-corrected chi connectivity index (χ2v) is 5.32. The topological polar surface area (TPSA) is 44.4 Å².